The largest absolute Gasteiger partial charge is 0.483 e. The Hall–Kier alpha value is -3.14. The maximum atomic E-state index is 12.9. The van der Waals surface area contributed by atoms with Gasteiger partial charge in [-0.1, -0.05) is 18.2 Å². The summed E-state index contributed by atoms with van der Waals surface area (Å²) in [6.07, 6.45) is -7.91. The average Bonchev–Trinajstić information content (AvgIpc) is 3.03. The molecule has 21 nitrogen and oxygen atoms in total. The molecule has 1 heterocycles. The first-order valence-electron chi connectivity index (χ1n) is 14.3. The Kier molecular flexibility index (Phi) is 16.6. The molecule has 2 rings (SSSR count). The van der Waals surface area contributed by atoms with Gasteiger partial charge in [0.05, 0.1) is 25.4 Å². The van der Waals surface area contributed by atoms with E-state index in [4.69, 9.17) is 14.0 Å². The number of H-pyrrole nitrogens is 1. The van der Waals surface area contributed by atoms with Gasteiger partial charge >= 0.3 is 21.3 Å². The number of phosphoric ester groups is 2. The molecule has 1 aromatic carbocycles. The van der Waals surface area contributed by atoms with E-state index < -0.39 is 101 Å². The minimum absolute atomic E-state index is 0.180. The molecule has 0 aliphatic carbocycles. The third-order valence-electron chi connectivity index (χ3n) is 6.54. The highest BCUT2D eigenvalue weighted by Crippen LogP contribution is 2.61. The van der Waals surface area contributed by atoms with Gasteiger partial charge in [-0.2, -0.15) is 4.31 Å². The zero-order valence-electron chi connectivity index (χ0n) is 26.4. The number of benzene rings is 1. The fraction of sp³-hybridized carbons (Fsp3) is 0.538. The number of aromatic amines is 1. The second-order valence-corrected chi connectivity index (χ2v) is 13.2. The summed E-state index contributed by atoms with van der Waals surface area (Å²) in [4.78, 5) is 70.6. The molecule has 0 fully saturated rings. The molecule has 0 bridgehead atoms. The van der Waals surface area contributed by atoms with Gasteiger partial charge in [0.25, 0.3) is 11.5 Å². The van der Waals surface area contributed by atoms with Crippen LogP contribution in [0, 0.1) is 0 Å². The molecule has 7 unspecified atom stereocenters. The highest BCUT2D eigenvalue weighted by atomic mass is 31.3. The number of aromatic nitrogens is 2. The van der Waals surface area contributed by atoms with Crippen molar-refractivity contribution in [1.82, 2.24) is 20.2 Å². The molecule has 2 aromatic rings. The summed E-state index contributed by atoms with van der Waals surface area (Å²) < 4.78 is 50.7. The number of nitrogens with one attached hydrogen (secondary N) is 3. The van der Waals surface area contributed by atoms with E-state index in [2.05, 4.69) is 19.5 Å². The summed E-state index contributed by atoms with van der Waals surface area (Å²) in [5, 5.41) is 44.9. The van der Waals surface area contributed by atoms with Crippen molar-refractivity contribution >= 4 is 27.5 Å². The smallest absolute Gasteiger partial charge is 0.396 e. The van der Waals surface area contributed by atoms with E-state index in [0.717, 1.165) is 30.9 Å². The van der Waals surface area contributed by atoms with Gasteiger partial charge in [-0.25, -0.2) is 13.9 Å². The maximum Gasteiger partial charge on any atom is 0.483 e. The number of methoxy groups -OCH3 is 1. The Morgan fingerprint density at radius 3 is 2.22 bits per heavy atom. The number of rotatable bonds is 21. The third kappa shape index (κ3) is 13.6. The van der Waals surface area contributed by atoms with E-state index in [9.17, 15) is 58.5 Å². The van der Waals surface area contributed by atoms with E-state index in [1.54, 1.807) is 18.2 Å². The van der Waals surface area contributed by atoms with Crippen LogP contribution in [0.1, 0.15) is 36.9 Å². The minimum atomic E-state index is -5.72. The van der Waals surface area contributed by atoms with Crippen LogP contribution in [0.3, 0.4) is 0 Å². The summed E-state index contributed by atoms with van der Waals surface area (Å²) in [6, 6.07) is 5.63. The first-order chi connectivity index (χ1) is 22.9. The van der Waals surface area contributed by atoms with Gasteiger partial charge in [-0.3, -0.25) is 33.0 Å². The zero-order chi connectivity index (χ0) is 36.9. The number of aliphatic hydroxyl groups is 4. The lowest BCUT2D eigenvalue weighted by Crippen LogP contribution is -2.59. The van der Waals surface area contributed by atoms with Crippen molar-refractivity contribution < 1.29 is 71.8 Å². The molecular formula is C26H40N4O17P2. The van der Waals surface area contributed by atoms with Crippen molar-refractivity contribution in [1.29, 1.82) is 0 Å². The molecule has 2 amide bonds. The fourth-order valence-electron chi connectivity index (χ4n) is 4.23. The SMILES string of the molecule is COC(OP(=O)(O)OP(=O)(O)OC[C@@H](OC(C)n1ccc(=O)[nH]c1=O)[C@H](O)CO)C(NC(C)=O)C(O)C(CCO)NC(=O)c1ccccc1. The van der Waals surface area contributed by atoms with Crippen LogP contribution in [-0.4, -0.2) is 115 Å². The first-order valence-corrected chi connectivity index (χ1v) is 17.3. The fourth-order valence-corrected chi connectivity index (χ4v) is 6.43. The number of aliphatic hydroxyl groups excluding tert-OH is 4. The standard InChI is InChI=1S/C26H40N4O17P2/c1-15(33)27-22(23(36)18(10-12-31)28-24(37)17-7-5-4-6-8-17)25(43-3)46-49(41,42)47-48(39,40)44-14-20(19(34)13-32)45-16(2)30-11-9-21(35)29-26(30)38/h4-9,11,16,18-20,22-23,25,31-32,34,36H,10,12-14H2,1-3H3,(H,27,33)(H,28,37)(H,39,40)(H,41,42)(H,29,35,38)/t16?,18?,19-,20-,22?,23?,25?/m1/s1. The van der Waals surface area contributed by atoms with E-state index >= 15 is 0 Å². The number of nitrogens with zero attached hydrogens (tertiary/aromatic N) is 1. The first kappa shape index (κ1) is 42.0. The highest BCUT2D eigenvalue weighted by molar-refractivity contribution is 7.61. The quantitative estimate of drug-likeness (QED) is 0.0496. The Balaban J connectivity index is 2.20. The number of phosphoric acid groups is 2. The average molecular weight is 743 g/mol. The van der Waals surface area contributed by atoms with Crippen LogP contribution in [0.25, 0.3) is 0 Å². The van der Waals surface area contributed by atoms with Gasteiger partial charge in [0.15, 0.2) is 6.29 Å². The number of hydrogen-bond donors (Lipinski definition) is 9. The van der Waals surface area contributed by atoms with E-state index in [0.29, 0.717) is 0 Å². The molecule has 23 heteroatoms. The Morgan fingerprint density at radius 1 is 1.02 bits per heavy atom. The topological polar surface area (TPSA) is 315 Å². The minimum Gasteiger partial charge on any atom is -0.396 e. The third-order valence-corrected chi connectivity index (χ3v) is 9.14. The summed E-state index contributed by atoms with van der Waals surface area (Å²) in [6.45, 7) is -0.322. The van der Waals surface area contributed by atoms with Crippen LogP contribution in [0.2, 0.25) is 0 Å². The number of hydrogen-bond acceptors (Lipinski definition) is 15. The maximum absolute atomic E-state index is 12.9. The van der Waals surface area contributed by atoms with Crippen molar-refractivity contribution in [3.8, 4) is 0 Å². The molecule has 49 heavy (non-hydrogen) atoms. The van der Waals surface area contributed by atoms with Crippen LogP contribution in [0.5, 0.6) is 0 Å². The predicted molar refractivity (Wildman–Crippen MR) is 166 cm³/mol. The lowest BCUT2D eigenvalue weighted by atomic mass is 9.99. The summed E-state index contributed by atoms with van der Waals surface area (Å²) >= 11 is 0. The van der Waals surface area contributed by atoms with E-state index in [1.807, 2.05) is 4.98 Å². The van der Waals surface area contributed by atoms with Gasteiger partial charge in [0.2, 0.25) is 5.91 Å². The van der Waals surface area contributed by atoms with E-state index in [1.165, 1.54) is 19.1 Å². The molecule has 0 aliphatic heterocycles. The van der Waals surface area contributed by atoms with Crippen molar-refractivity contribution in [3.05, 3.63) is 69.0 Å². The van der Waals surface area contributed by atoms with Gasteiger partial charge in [-0.05, 0) is 25.5 Å². The van der Waals surface area contributed by atoms with Crippen molar-refractivity contribution in [2.75, 3.05) is 26.9 Å². The summed E-state index contributed by atoms with van der Waals surface area (Å²) in [7, 11) is -10.4. The number of amides is 2. The van der Waals surface area contributed by atoms with Gasteiger partial charge < -0.3 is 50.3 Å². The number of carbonyl (C=O) groups is 2. The molecule has 9 N–H and O–H groups in total. The molecule has 0 aliphatic rings. The summed E-state index contributed by atoms with van der Waals surface area (Å²) in [5.41, 5.74) is -1.45. The lowest BCUT2D eigenvalue weighted by molar-refractivity contribution is -0.137. The second kappa shape index (κ2) is 19.3. The van der Waals surface area contributed by atoms with Crippen LogP contribution >= 0.6 is 15.6 Å². The molecule has 0 radical (unpaired) electrons. The van der Waals surface area contributed by atoms with Gasteiger partial charge in [0, 0.05) is 38.5 Å². The lowest BCUT2D eigenvalue weighted by Gasteiger charge is -2.35. The van der Waals surface area contributed by atoms with Crippen LogP contribution in [-0.2, 0) is 36.8 Å². The Bertz CT molecular complexity index is 1570. The van der Waals surface area contributed by atoms with E-state index in [-0.39, 0.29) is 12.0 Å². The molecule has 0 spiro atoms. The highest BCUT2D eigenvalue weighted by Gasteiger charge is 2.44. The molecule has 0 saturated carbocycles. The molecule has 9 atom stereocenters. The Labute approximate surface area is 278 Å². The second-order valence-electron chi connectivity index (χ2n) is 10.2. The van der Waals surface area contributed by atoms with Gasteiger partial charge in [-0.15, -0.1) is 0 Å². The van der Waals surface area contributed by atoms with Crippen molar-refractivity contribution in [2.24, 2.45) is 0 Å². The zero-order valence-corrected chi connectivity index (χ0v) is 28.2. The molecule has 1 aromatic heterocycles. The normalized spacial score (nSPS) is 18.5. The molecule has 0 saturated heterocycles. The predicted octanol–water partition coefficient (Wildman–Crippen LogP) is -1.94. The summed E-state index contributed by atoms with van der Waals surface area (Å²) in [5.74, 6) is -1.50. The van der Waals surface area contributed by atoms with Gasteiger partial charge in [0.1, 0.15) is 24.5 Å². The monoisotopic (exact) mass is 742 g/mol. The molecular weight excluding hydrogens is 702 g/mol. The van der Waals surface area contributed by atoms with Crippen molar-refractivity contribution in [3.63, 3.8) is 0 Å². The Morgan fingerprint density at radius 2 is 1.67 bits per heavy atom. The number of ether oxygens (including phenoxy) is 2. The molecule has 276 valence electrons. The van der Waals surface area contributed by atoms with Crippen molar-refractivity contribution in [2.45, 2.75) is 63.2 Å². The van der Waals surface area contributed by atoms with Crippen LogP contribution in [0.4, 0.5) is 0 Å². The number of carbonyl (C=O) groups excluding carboxylic acids is 2. The van der Waals surface area contributed by atoms with Crippen LogP contribution < -0.4 is 21.9 Å². The van der Waals surface area contributed by atoms with Crippen LogP contribution in [0.15, 0.2) is 52.2 Å².